The number of terminal acetylenes is 1. The maximum Gasteiger partial charge on any atom is 0.259 e. The number of carbonyl (C=O) groups is 1. The summed E-state index contributed by atoms with van der Waals surface area (Å²) in [5, 5.41) is 0. The van der Waals surface area contributed by atoms with Crippen LogP contribution in [0.2, 0.25) is 0 Å². The smallest absolute Gasteiger partial charge is 0.259 e. The lowest BCUT2D eigenvalue weighted by atomic mass is 10.2. The van der Waals surface area contributed by atoms with Crippen LogP contribution in [0.25, 0.3) is 0 Å². The molecular formula is C13H15N3O2. The van der Waals surface area contributed by atoms with Gasteiger partial charge in [0.2, 0.25) is 0 Å². The van der Waals surface area contributed by atoms with Crippen LogP contribution in [0.15, 0.2) is 23.3 Å². The Morgan fingerprint density at radius 3 is 2.72 bits per heavy atom. The van der Waals surface area contributed by atoms with E-state index in [1.807, 2.05) is 0 Å². The van der Waals surface area contributed by atoms with Gasteiger partial charge in [-0.05, 0) is 0 Å². The van der Waals surface area contributed by atoms with E-state index in [4.69, 9.17) is 6.42 Å². The monoisotopic (exact) mass is 245 g/mol. The Bertz CT molecular complexity index is 522. The van der Waals surface area contributed by atoms with E-state index >= 15 is 0 Å². The molecule has 1 aliphatic heterocycles. The van der Waals surface area contributed by atoms with E-state index in [-0.39, 0.29) is 16.9 Å². The van der Waals surface area contributed by atoms with Crippen LogP contribution in [-0.2, 0) is 0 Å². The molecule has 2 heterocycles. The molecule has 94 valence electrons. The van der Waals surface area contributed by atoms with Crippen molar-refractivity contribution in [3.63, 3.8) is 0 Å². The van der Waals surface area contributed by atoms with Crippen LogP contribution >= 0.6 is 0 Å². The zero-order valence-electron chi connectivity index (χ0n) is 10.1. The third-order valence-corrected chi connectivity index (χ3v) is 3.03. The number of hydrogen-bond donors (Lipinski definition) is 1. The van der Waals surface area contributed by atoms with Crippen LogP contribution in [0.4, 0.5) is 0 Å². The molecule has 0 bridgehead atoms. The molecule has 1 aromatic heterocycles. The molecule has 0 radical (unpaired) electrons. The number of nitrogens with zero attached hydrogens (tertiary/aromatic N) is 2. The van der Waals surface area contributed by atoms with Gasteiger partial charge in [0.05, 0.1) is 6.54 Å². The van der Waals surface area contributed by atoms with Crippen LogP contribution in [0.3, 0.4) is 0 Å². The largest absolute Gasteiger partial charge is 0.367 e. The highest BCUT2D eigenvalue weighted by atomic mass is 16.2. The summed E-state index contributed by atoms with van der Waals surface area (Å²) < 4.78 is 0. The molecule has 2 rings (SSSR count). The number of pyridine rings is 1. The summed E-state index contributed by atoms with van der Waals surface area (Å²) >= 11 is 0. The van der Waals surface area contributed by atoms with Crippen molar-refractivity contribution in [3.8, 4) is 12.3 Å². The predicted octanol–water partition coefficient (Wildman–Crippen LogP) is -0.234. The van der Waals surface area contributed by atoms with E-state index in [0.717, 1.165) is 13.1 Å². The quantitative estimate of drug-likeness (QED) is 0.732. The van der Waals surface area contributed by atoms with Gasteiger partial charge >= 0.3 is 0 Å². The second-order valence-corrected chi connectivity index (χ2v) is 4.19. The maximum atomic E-state index is 12.1. The number of aromatic amines is 1. The standard InChI is InChI=1S/C13H15N3O2/c1-2-5-15-6-8-16(9-7-15)13(18)11-10-14-4-3-12(11)17/h1,3-4,10H,5-9H2,(H,14,17). The number of H-pyrrole nitrogens is 1. The molecule has 1 fully saturated rings. The molecule has 1 aliphatic rings. The third-order valence-electron chi connectivity index (χ3n) is 3.03. The highest BCUT2D eigenvalue weighted by Crippen LogP contribution is 2.05. The van der Waals surface area contributed by atoms with Gasteiger partial charge in [0.15, 0.2) is 5.43 Å². The number of rotatable bonds is 2. The molecule has 0 atom stereocenters. The van der Waals surface area contributed by atoms with E-state index in [9.17, 15) is 9.59 Å². The van der Waals surface area contributed by atoms with Gasteiger partial charge in [-0.1, -0.05) is 5.92 Å². The highest BCUT2D eigenvalue weighted by Gasteiger charge is 2.22. The van der Waals surface area contributed by atoms with Gasteiger partial charge in [-0.2, -0.15) is 0 Å². The molecule has 0 unspecified atom stereocenters. The number of carbonyl (C=O) groups excluding carboxylic acids is 1. The molecule has 5 nitrogen and oxygen atoms in total. The molecule has 0 spiro atoms. The van der Waals surface area contributed by atoms with Gasteiger partial charge in [-0.3, -0.25) is 14.5 Å². The maximum absolute atomic E-state index is 12.1. The number of amides is 1. The summed E-state index contributed by atoms with van der Waals surface area (Å²) in [5.74, 6) is 2.38. The lowest BCUT2D eigenvalue weighted by molar-refractivity contribution is 0.0650. The lowest BCUT2D eigenvalue weighted by Crippen LogP contribution is -2.49. The number of piperazine rings is 1. The summed E-state index contributed by atoms with van der Waals surface area (Å²) in [7, 11) is 0. The molecular weight excluding hydrogens is 230 g/mol. The Morgan fingerprint density at radius 2 is 2.11 bits per heavy atom. The van der Waals surface area contributed by atoms with E-state index < -0.39 is 0 Å². The van der Waals surface area contributed by atoms with Gasteiger partial charge in [0.1, 0.15) is 5.56 Å². The highest BCUT2D eigenvalue weighted by molar-refractivity contribution is 5.93. The number of aromatic nitrogens is 1. The van der Waals surface area contributed by atoms with Crippen LogP contribution < -0.4 is 5.43 Å². The van der Waals surface area contributed by atoms with Crippen molar-refractivity contribution in [3.05, 3.63) is 34.2 Å². The van der Waals surface area contributed by atoms with Crippen molar-refractivity contribution < 1.29 is 4.79 Å². The zero-order valence-corrected chi connectivity index (χ0v) is 10.1. The second-order valence-electron chi connectivity index (χ2n) is 4.19. The first-order chi connectivity index (χ1) is 8.72. The van der Waals surface area contributed by atoms with E-state index in [1.54, 1.807) is 4.90 Å². The molecule has 5 heteroatoms. The van der Waals surface area contributed by atoms with Gasteiger partial charge < -0.3 is 9.88 Å². The fraction of sp³-hybridized carbons (Fsp3) is 0.385. The van der Waals surface area contributed by atoms with Crippen LogP contribution in [0.5, 0.6) is 0 Å². The Morgan fingerprint density at radius 1 is 1.39 bits per heavy atom. The molecule has 0 saturated carbocycles. The predicted molar refractivity (Wildman–Crippen MR) is 68.2 cm³/mol. The van der Waals surface area contributed by atoms with Crippen molar-refractivity contribution in [1.29, 1.82) is 0 Å². The normalized spacial score (nSPS) is 16.3. The average Bonchev–Trinajstić information content (AvgIpc) is 2.40. The van der Waals surface area contributed by atoms with Crippen LogP contribution in [0.1, 0.15) is 10.4 Å². The lowest BCUT2D eigenvalue weighted by Gasteiger charge is -2.33. The minimum absolute atomic E-state index is 0.197. The fourth-order valence-corrected chi connectivity index (χ4v) is 1.99. The van der Waals surface area contributed by atoms with E-state index in [1.165, 1.54) is 18.5 Å². The molecule has 1 amide bonds. The Labute approximate surface area is 105 Å². The molecule has 0 aromatic carbocycles. The van der Waals surface area contributed by atoms with Crippen molar-refractivity contribution in [2.24, 2.45) is 0 Å². The number of nitrogens with one attached hydrogen (secondary N) is 1. The van der Waals surface area contributed by atoms with Gasteiger partial charge in [-0.25, -0.2) is 0 Å². The average molecular weight is 245 g/mol. The Hall–Kier alpha value is -2.06. The summed E-state index contributed by atoms with van der Waals surface area (Å²) in [6, 6.07) is 1.36. The van der Waals surface area contributed by atoms with Crippen LogP contribution in [-0.4, -0.2) is 53.4 Å². The third kappa shape index (κ3) is 2.60. The van der Waals surface area contributed by atoms with Gasteiger partial charge in [0.25, 0.3) is 5.91 Å². The summed E-state index contributed by atoms with van der Waals surface area (Å²) in [5.41, 5.74) is -0.0484. The molecule has 1 N–H and O–H groups in total. The van der Waals surface area contributed by atoms with Crippen molar-refractivity contribution >= 4 is 5.91 Å². The topological polar surface area (TPSA) is 56.4 Å². The summed E-state index contributed by atoms with van der Waals surface area (Å²) in [6.07, 6.45) is 8.22. The van der Waals surface area contributed by atoms with Crippen molar-refractivity contribution in [2.75, 3.05) is 32.7 Å². The van der Waals surface area contributed by atoms with Gasteiger partial charge in [-0.15, -0.1) is 6.42 Å². The minimum Gasteiger partial charge on any atom is -0.367 e. The fourth-order valence-electron chi connectivity index (χ4n) is 1.99. The molecule has 18 heavy (non-hydrogen) atoms. The van der Waals surface area contributed by atoms with E-state index in [0.29, 0.717) is 19.6 Å². The second kappa shape index (κ2) is 5.52. The van der Waals surface area contributed by atoms with Gasteiger partial charge in [0, 0.05) is 44.6 Å². The van der Waals surface area contributed by atoms with E-state index in [2.05, 4.69) is 15.8 Å². The zero-order chi connectivity index (χ0) is 13.0. The van der Waals surface area contributed by atoms with Crippen molar-refractivity contribution in [1.82, 2.24) is 14.8 Å². The molecule has 1 aromatic rings. The minimum atomic E-state index is -0.246. The SMILES string of the molecule is C#CCN1CCN(C(=O)c2c[nH]ccc2=O)CC1. The first-order valence-electron chi connectivity index (χ1n) is 5.84. The first-order valence-corrected chi connectivity index (χ1v) is 5.84. The Balaban J connectivity index is 2.03. The first kappa shape index (κ1) is 12.4. The van der Waals surface area contributed by atoms with Crippen LogP contribution in [0, 0.1) is 12.3 Å². The van der Waals surface area contributed by atoms with Crippen molar-refractivity contribution in [2.45, 2.75) is 0 Å². The molecule has 1 saturated heterocycles. The summed E-state index contributed by atoms with van der Waals surface area (Å²) in [6.45, 7) is 3.32. The molecule has 0 aliphatic carbocycles. The number of hydrogen-bond acceptors (Lipinski definition) is 3. The Kier molecular flexibility index (Phi) is 3.80. The summed E-state index contributed by atoms with van der Waals surface area (Å²) in [4.78, 5) is 30.3.